The Kier molecular flexibility index (Phi) is 7.76. The van der Waals surface area contributed by atoms with Crippen LogP contribution in [0.1, 0.15) is 21.5 Å². The van der Waals surface area contributed by atoms with Crippen LogP contribution in [-0.4, -0.2) is 50.8 Å². The van der Waals surface area contributed by atoms with Crippen LogP contribution in [-0.2, 0) is 4.79 Å². The number of benzene rings is 3. The first-order valence-electron chi connectivity index (χ1n) is 10.9. The Morgan fingerprint density at radius 1 is 1.06 bits per heavy atom. The first kappa shape index (κ1) is 24.7. The molecule has 0 aliphatic rings. The molecule has 10 heteroatoms. The molecule has 36 heavy (non-hydrogen) atoms. The lowest BCUT2D eigenvalue weighted by molar-refractivity contribution is -0.118. The van der Waals surface area contributed by atoms with E-state index < -0.39 is 5.97 Å². The van der Waals surface area contributed by atoms with Crippen LogP contribution in [0.25, 0.3) is 17.1 Å². The number of carbonyl (C=O) groups excluding carboxylic acids is 1. The van der Waals surface area contributed by atoms with Gasteiger partial charge in [0.2, 0.25) is 0 Å². The fraction of sp³-hybridized carbons (Fsp3) is 0.115. The number of ether oxygens (including phenoxy) is 1. The number of amides is 1. The van der Waals surface area contributed by atoms with Gasteiger partial charge in [0, 0.05) is 16.8 Å². The molecule has 1 aromatic heterocycles. The van der Waals surface area contributed by atoms with Gasteiger partial charge >= 0.3 is 5.97 Å². The summed E-state index contributed by atoms with van der Waals surface area (Å²) in [5.74, 6) is -0.0361. The molecular weight excluding hydrogens is 478 g/mol. The van der Waals surface area contributed by atoms with E-state index in [0.29, 0.717) is 16.5 Å². The minimum atomic E-state index is -1.07. The van der Waals surface area contributed by atoms with Crippen molar-refractivity contribution in [2.24, 2.45) is 5.10 Å². The first-order valence-corrected chi connectivity index (χ1v) is 11.9. The van der Waals surface area contributed by atoms with Crippen LogP contribution in [0.2, 0.25) is 0 Å². The van der Waals surface area contributed by atoms with Crippen molar-refractivity contribution in [3.05, 3.63) is 89.5 Å². The summed E-state index contributed by atoms with van der Waals surface area (Å²) in [6, 6.07) is 21.9. The molecule has 0 radical (unpaired) electrons. The number of thioether (sulfide) groups is 1. The maximum atomic E-state index is 12.4. The molecule has 0 saturated heterocycles. The van der Waals surface area contributed by atoms with Gasteiger partial charge in [0.05, 0.1) is 24.6 Å². The lowest BCUT2D eigenvalue weighted by atomic mass is 10.1. The molecule has 3 aromatic carbocycles. The largest absolute Gasteiger partial charge is 0.497 e. The number of nitrogens with zero attached hydrogens (tertiary/aromatic N) is 4. The second kappa shape index (κ2) is 11.3. The van der Waals surface area contributed by atoms with Crippen LogP contribution < -0.4 is 10.2 Å². The van der Waals surface area contributed by atoms with Gasteiger partial charge in [-0.3, -0.25) is 9.36 Å². The lowest BCUT2D eigenvalue weighted by Gasteiger charge is -2.11. The van der Waals surface area contributed by atoms with Crippen LogP contribution in [0.4, 0.5) is 0 Å². The number of hydrazone groups is 1. The number of aromatic carboxylic acids is 1. The molecule has 0 saturated carbocycles. The Bertz CT molecular complexity index is 1400. The van der Waals surface area contributed by atoms with Crippen LogP contribution in [0.3, 0.4) is 0 Å². The topological polar surface area (TPSA) is 119 Å². The van der Waals surface area contributed by atoms with E-state index in [-0.39, 0.29) is 17.2 Å². The van der Waals surface area contributed by atoms with Crippen molar-refractivity contribution in [3.8, 4) is 22.8 Å². The second-order valence-corrected chi connectivity index (χ2v) is 8.62. The third-order valence-electron chi connectivity index (χ3n) is 5.19. The number of rotatable bonds is 9. The average molecular weight is 502 g/mol. The van der Waals surface area contributed by atoms with Crippen molar-refractivity contribution in [1.82, 2.24) is 20.2 Å². The minimum Gasteiger partial charge on any atom is -0.497 e. The molecule has 0 bridgehead atoms. The van der Waals surface area contributed by atoms with Gasteiger partial charge in [0.1, 0.15) is 5.75 Å². The van der Waals surface area contributed by atoms with E-state index in [1.807, 2.05) is 60.0 Å². The maximum absolute atomic E-state index is 12.4. The van der Waals surface area contributed by atoms with E-state index >= 15 is 0 Å². The molecule has 4 rings (SSSR count). The van der Waals surface area contributed by atoms with Gasteiger partial charge in [0.15, 0.2) is 11.0 Å². The zero-order chi connectivity index (χ0) is 25.5. The number of nitrogens with one attached hydrogen (secondary N) is 1. The summed E-state index contributed by atoms with van der Waals surface area (Å²) >= 11 is 1.22. The smallest absolute Gasteiger partial charge is 0.336 e. The van der Waals surface area contributed by atoms with E-state index in [1.54, 1.807) is 25.3 Å². The summed E-state index contributed by atoms with van der Waals surface area (Å²) in [6.45, 7) is 2.01. The molecule has 1 amide bonds. The molecule has 182 valence electrons. The van der Waals surface area contributed by atoms with Crippen molar-refractivity contribution in [2.45, 2.75) is 12.1 Å². The van der Waals surface area contributed by atoms with E-state index in [1.165, 1.54) is 24.0 Å². The Morgan fingerprint density at radius 2 is 1.78 bits per heavy atom. The van der Waals surface area contributed by atoms with Crippen molar-refractivity contribution in [2.75, 3.05) is 12.9 Å². The van der Waals surface area contributed by atoms with Gasteiger partial charge in [-0.2, -0.15) is 5.10 Å². The number of carboxylic acid groups (broad SMARTS) is 1. The molecule has 4 aromatic rings. The zero-order valence-corrected chi connectivity index (χ0v) is 20.4. The van der Waals surface area contributed by atoms with Crippen molar-refractivity contribution in [1.29, 1.82) is 0 Å². The van der Waals surface area contributed by atoms with Crippen LogP contribution in [0, 0.1) is 6.92 Å². The monoisotopic (exact) mass is 501 g/mol. The summed E-state index contributed by atoms with van der Waals surface area (Å²) < 4.78 is 7.14. The fourth-order valence-corrected chi connectivity index (χ4v) is 4.10. The molecule has 0 atom stereocenters. The number of carboxylic acids is 1. The third-order valence-corrected chi connectivity index (χ3v) is 6.12. The van der Waals surface area contributed by atoms with Crippen molar-refractivity contribution >= 4 is 29.9 Å². The Hall–Kier alpha value is -4.44. The summed E-state index contributed by atoms with van der Waals surface area (Å²) in [4.78, 5) is 23.7. The molecule has 9 nitrogen and oxygen atoms in total. The highest BCUT2D eigenvalue weighted by Crippen LogP contribution is 2.29. The van der Waals surface area contributed by atoms with E-state index in [4.69, 9.17) is 4.74 Å². The molecule has 0 unspecified atom stereocenters. The highest BCUT2D eigenvalue weighted by Gasteiger charge is 2.17. The highest BCUT2D eigenvalue weighted by molar-refractivity contribution is 7.99. The van der Waals surface area contributed by atoms with Gasteiger partial charge < -0.3 is 9.84 Å². The molecule has 2 N–H and O–H groups in total. The van der Waals surface area contributed by atoms with E-state index in [0.717, 1.165) is 22.6 Å². The average Bonchev–Trinajstić information content (AvgIpc) is 3.32. The van der Waals surface area contributed by atoms with Gasteiger partial charge in [0.25, 0.3) is 5.91 Å². The highest BCUT2D eigenvalue weighted by atomic mass is 32.2. The SMILES string of the molecule is COc1ccc(-c2nnc(SCC(=O)N/N=C\c3ccccc3C(=O)O)n2-c2ccc(C)cc2)cc1. The number of hydrogen-bond donors (Lipinski definition) is 2. The molecule has 0 fully saturated rings. The van der Waals surface area contributed by atoms with Crippen LogP contribution in [0.15, 0.2) is 83.1 Å². The van der Waals surface area contributed by atoms with Crippen molar-refractivity contribution < 1.29 is 19.4 Å². The predicted molar refractivity (Wildman–Crippen MR) is 138 cm³/mol. The number of methoxy groups -OCH3 is 1. The predicted octanol–water partition coefficient (Wildman–Crippen LogP) is 4.19. The Morgan fingerprint density at radius 3 is 2.47 bits per heavy atom. The molecule has 0 spiro atoms. The number of aryl methyl sites for hydroxylation is 1. The zero-order valence-electron chi connectivity index (χ0n) is 19.6. The Labute approximate surface area is 211 Å². The molecule has 1 heterocycles. The number of carbonyl (C=O) groups is 2. The minimum absolute atomic E-state index is 0.0323. The van der Waals surface area contributed by atoms with Gasteiger partial charge in [-0.1, -0.05) is 47.7 Å². The third kappa shape index (κ3) is 5.78. The maximum Gasteiger partial charge on any atom is 0.336 e. The van der Waals surface area contributed by atoms with Gasteiger partial charge in [-0.15, -0.1) is 10.2 Å². The van der Waals surface area contributed by atoms with Crippen molar-refractivity contribution in [3.63, 3.8) is 0 Å². The molecule has 0 aliphatic carbocycles. The summed E-state index contributed by atoms with van der Waals surface area (Å²) in [5.41, 5.74) is 5.75. The molecular formula is C26H23N5O4S. The summed E-state index contributed by atoms with van der Waals surface area (Å²) in [5, 5.41) is 22.4. The fourth-order valence-electron chi connectivity index (χ4n) is 3.36. The lowest BCUT2D eigenvalue weighted by Crippen LogP contribution is -2.20. The molecule has 0 aliphatic heterocycles. The quantitative estimate of drug-likeness (QED) is 0.200. The van der Waals surface area contributed by atoms with E-state index in [9.17, 15) is 14.7 Å². The summed E-state index contributed by atoms with van der Waals surface area (Å²) in [6.07, 6.45) is 1.31. The van der Waals surface area contributed by atoms with Crippen LogP contribution >= 0.6 is 11.8 Å². The van der Waals surface area contributed by atoms with Gasteiger partial charge in [-0.25, -0.2) is 10.2 Å². The second-order valence-electron chi connectivity index (χ2n) is 7.68. The van der Waals surface area contributed by atoms with Gasteiger partial charge in [-0.05, 0) is 49.4 Å². The normalized spacial score (nSPS) is 10.9. The van der Waals surface area contributed by atoms with Crippen LogP contribution in [0.5, 0.6) is 5.75 Å². The number of hydrogen-bond acceptors (Lipinski definition) is 7. The summed E-state index contributed by atoms with van der Waals surface area (Å²) in [7, 11) is 1.61. The Balaban J connectivity index is 1.51. The number of aromatic nitrogens is 3. The standard InChI is InChI=1S/C26H23N5O4S/c1-17-7-11-20(12-8-17)31-24(18-9-13-21(35-2)14-10-18)29-30-26(31)36-16-23(32)28-27-15-19-5-3-4-6-22(19)25(33)34/h3-15H,16H2,1-2H3,(H,28,32)(H,33,34)/b27-15-. The first-order chi connectivity index (χ1) is 17.5. The van der Waals surface area contributed by atoms with E-state index in [2.05, 4.69) is 20.7 Å².